The minimum atomic E-state index is -3.41. The second-order valence-corrected chi connectivity index (χ2v) is 6.28. The topological polar surface area (TPSA) is 96.0 Å². The standard InChI is InChI=1S/C13H19N3O2S/c1-2-4-13(15)9-16-19(17,18)10-12-6-3-5-11(7-12)8-14/h3,5-7,13,16H,2,4,9-10,15H2,1H3. The van der Waals surface area contributed by atoms with Gasteiger partial charge in [0.05, 0.1) is 17.4 Å². The molecule has 1 atom stereocenters. The zero-order valence-corrected chi connectivity index (χ0v) is 11.8. The van der Waals surface area contributed by atoms with Crippen molar-refractivity contribution in [1.82, 2.24) is 4.72 Å². The van der Waals surface area contributed by atoms with E-state index in [1.165, 1.54) is 0 Å². The van der Waals surface area contributed by atoms with E-state index in [-0.39, 0.29) is 18.3 Å². The SMILES string of the molecule is CCCC(N)CNS(=O)(=O)Cc1cccc(C#N)c1. The van der Waals surface area contributed by atoms with Crippen LogP contribution in [0.1, 0.15) is 30.9 Å². The Morgan fingerprint density at radius 2 is 2.21 bits per heavy atom. The van der Waals surface area contributed by atoms with Crippen LogP contribution in [0, 0.1) is 11.3 Å². The Kier molecular flexibility index (Phi) is 5.96. The van der Waals surface area contributed by atoms with Gasteiger partial charge in [0, 0.05) is 12.6 Å². The first-order valence-corrected chi connectivity index (χ1v) is 7.84. The second-order valence-electron chi connectivity index (χ2n) is 4.47. The quantitative estimate of drug-likeness (QED) is 0.782. The lowest BCUT2D eigenvalue weighted by atomic mass is 10.2. The Labute approximate surface area is 114 Å². The number of nitrogens with two attached hydrogens (primary N) is 1. The molecule has 0 bridgehead atoms. The van der Waals surface area contributed by atoms with Crippen molar-refractivity contribution in [3.8, 4) is 6.07 Å². The molecule has 5 nitrogen and oxygen atoms in total. The molecule has 0 spiro atoms. The summed E-state index contributed by atoms with van der Waals surface area (Å²) in [7, 11) is -3.41. The molecule has 6 heteroatoms. The summed E-state index contributed by atoms with van der Waals surface area (Å²) in [6.07, 6.45) is 1.71. The summed E-state index contributed by atoms with van der Waals surface area (Å²) >= 11 is 0. The Balaban J connectivity index is 2.61. The summed E-state index contributed by atoms with van der Waals surface area (Å²) < 4.78 is 26.2. The largest absolute Gasteiger partial charge is 0.327 e. The Hall–Kier alpha value is -1.42. The zero-order valence-electron chi connectivity index (χ0n) is 11.0. The summed E-state index contributed by atoms with van der Waals surface area (Å²) in [5, 5.41) is 8.76. The van der Waals surface area contributed by atoms with Gasteiger partial charge in [0.2, 0.25) is 10.0 Å². The average molecular weight is 281 g/mol. The van der Waals surface area contributed by atoms with Crippen molar-refractivity contribution in [2.75, 3.05) is 6.54 Å². The molecule has 0 aliphatic rings. The Morgan fingerprint density at radius 3 is 2.84 bits per heavy atom. The molecule has 0 heterocycles. The van der Waals surface area contributed by atoms with E-state index in [0.29, 0.717) is 11.1 Å². The second kappa shape index (κ2) is 7.24. The molecule has 0 saturated carbocycles. The van der Waals surface area contributed by atoms with Crippen LogP contribution >= 0.6 is 0 Å². The smallest absolute Gasteiger partial charge is 0.215 e. The van der Waals surface area contributed by atoms with Gasteiger partial charge in [-0.2, -0.15) is 5.26 Å². The first-order valence-electron chi connectivity index (χ1n) is 6.19. The van der Waals surface area contributed by atoms with E-state index in [1.807, 2.05) is 13.0 Å². The van der Waals surface area contributed by atoms with Crippen molar-refractivity contribution in [3.05, 3.63) is 35.4 Å². The van der Waals surface area contributed by atoms with Crippen LogP contribution in [0.25, 0.3) is 0 Å². The van der Waals surface area contributed by atoms with Gasteiger partial charge in [0.1, 0.15) is 0 Å². The van der Waals surface area contributed by atoms with Crippen molar-refractivity contribution in [2.24, 2.45) is 5.73 Å². The minimum absolute atomic E-state index is 0.138. The predicted octanol–water partition coefficient (Wildman–Crippen LogP) is 1.11. The molecule has 0 radical (unpaired) electrons. The fourth-order valence-electron chi connectivity index (χ4n) is 1.71. The highest BCUT2D eigenvalue weighted by molar-refractivity contribution is 7.88. The Morgan fingerprint density at radius 1 is 1.47 bits per heavy atom. The fourth-order valence-corrected chi connectivity index (χ4v) is 2.90. The molecule has 0 aromatic heterocycles. The summed E-state index contributed by atoms with van der Waals surface area (Å²) in [6.45, 7) is 2.25. The van der Waals surface area contributed by atoms with Gasteiger partial charge in [-0.1, -0.05) is 25.5 Å². The van der Waals surface area contributed by atoms with Crippen molar-refractivity contribution < 1.29 is 8.42 Å². The van der Waals surface area contributed by atoms with E-state index in [2.05, 4.69) is 4.72 Å². The fraction of sp³-hybridized carbons (Fsp3) is 0.462. The van der Waals surface area contributed by atoms with Crippen LogP contribution in [-0.2, 0) is 15.8 Å². The normalized spacial score (nSPS) is 12.9. The first-order chi connectivity index (χ1) is 8.96. The average Bonchev–Trinajstić information content (AvgIpc) is 2.37. The van der Waals surface area contributed by atoms with Crippen molar-refractivity contribution in [3.63, 3.8) is 0 Å². The molecule has 0 aliphatic heterocycles. The van der Waals surface area contributed by atoms with Crippen molar-refractivity contribution >= 4 is 10.0 Å². The highest BCUT2D eigenvalue weighted by atomic mass is 32.2. The molecule has 19 heavy (non-hydrogen) atoms. The predicted molar refractivity (Wildman–Crippen MR) is 74.7 cm³/mol. The van der Waals surface area contributed by atoms with Crippen LogP contribution in [-0.4, -0.2) is 21.0 Å². The summed E-state index contributed by atoms with van der Waals surface area (Å²) in [4.78, 5) is 0. The molecular weight excluding hydrogens is 262 g/mol. The third-order valence-corrected chi connectivity index (χ3v) is 3.96. The highest BCUT2D eigenvalue weighted by Gasteiger charge is 2.13. The highest BCUT2D eigenvalue weighted by Crippen LogP contribution is 2.08. The van der Waals surface area contributed by atoms with E-state index < -0.39 is 10.0 Å². The van der Waals surface area contributed by atoms with Gasteiger partial charge in [-0.25, -0.2) is 13.1 Å². The number of hydrogen-bond acceptors (Lipinski definition) is 4. The number of nitrogens with one attached hydrogen (secondary N) is 1. The van der Waals surface area contributed by atoms with Gasteiger partial charge in [0.25, 0.3) is 0 Å². The zero-order chi connectivity index (χ0) is 14.3. The van der Waals surface area contributed by atoms with Crippen LogP contribution in [0.2, 0.25) is 0 Å². The van der Waals surface area contributed by atoms with Crippen LogP contribution in [0.5, 0.6) is 0 Å². The maximum atomic E-state index is 11.9. The monoisotopic (exact) mass is 281 g/mol. The molecule has 0 saturated heterocycles. The molecule has 3 N–H and O–H groups in total. The van der Waals surface area contributed by atoms with Gasteiger partial charge in [0.15, 0.2) is 0 Å². The molecule has 104 valence electrons. The maximum Gasteiger partial charge on any atom is 0.215 e. The van der Waals surface area contributed by atoms with E-state index >= 15 is 0 Å². The van der Waals surface area contributed by atoms with E-state index in [0.717, 1.165) is 12.8 Å². The molecule has 1 aromatic carbocycles. The van der Waals surface area contributed by atoms with Crippen molar-refractivity contribution in [1.29, 1.82) is 5.26 Å². The summed E-state index contributed by atoms with van der Waals surface area (Å²) in [5.41, 5.74) is 6.81. The number of hydrogen-bond donors (Lipinski definition) is 2. The summed E-state index contributed by atoms with van der Waals surface area (Å²) in [6, 6.07) is 8.40. The minimum Gasteiger partial charge on any atom is -0.327 e. The third-order valence-electron chi connectivity index (χ3n) is 2.64. The van der Waals surface area contributed by atoms with Crippen LogP contribution in [0.15, 0.2) is 24.3 Å². The van der Waals surface area contributed by atoms with Crippen LogP contribution < -0.4 is 10.5 Å². The van der Waals surface area contributed by atoms with Crippen LogP contribution in [0.3, 0.4) is 0 Å². The van der Waals surface area contributed by atoms with Crippen LogP contribution in [0.4, 0.5) is 0 Å². The van der Waals surface area contributed by atoms with Gasteiger partial charge in [-0.15, -0.1) is 0 Å². The van der Waals surface area contributed by atoms with E-state index in [9.17, 15) is 8.42 Å². The van der Waals surface area contributed by atoms with Gasteiger partial charge in [-0.3, -0.25) is 0 Å². The lowest BCUT2D eigenvalue weighted by Gasteiger charge is -2.12. The number of sulfonamides is 1. The molecule has 1 aromatic rings. The third kappa shape index (κ3) is 5.83. The Bertz CT molecular complexity index is 549. The summed E-state index contributed by atoms with van der Waals surface area (Å²) in [5.74, 6) is -0.138. The maximum absolute atomic E-state index is 11.9. The van der Waals surface area contributed by atoms with E-state index in [1.54, 1.807) is 24.3 Å². The molecule has 0 fully saturated rings. The number of nitriles is 1. The number of nitrogens with zero attached hydrogens (tertiary/aromatic N) is 1. The lowest BCUT2D eigenvalue weighted by Crippen LogP contribution is -2.37. The van der Waals surface area contributed by atoms with Gasteiger partial charge in [-0.05, 0) is 24.1 Å². The number of rotatable bonds is 7. The van der Waals surface area contributed by atoms with Crippen molar-refractivity contribution in [2.45, 2.75) is 31.6 Å². The van der Waals surface area contributed by atoms with E-state index in [4.69, 9.17) is 11.0 Å². The lowest BCUT2D eigenvalue weighted by molar-refractivity contribution is 0.552. The molecule has 1 unspecified atom stereocenters. The van der Waals surface area contributed by atoms with Gasteiger partial charge >= 0.3 is 0 Å². The molecule has 1 rings (SSSR count). The first kappa shape index (κ1) is 15.6. The number of benzene rings is 1. The molecule has 0 aliphatic carbocycles. The molecular formula is C13H19N3O2S. The van der Waals surface area contributed by atoms with Gasteiger partial charge < -0.3 is 5.73 Å². The molecule has 0 amide bonds.